The van der Waals surface area contributed by atoms with E-state index in [1.807, 2.05) is 13.8 Å². The van der Waals surface area contributed by atoms with Crippen LogP contribution in [0.25, 0.3) is 0 Å². The molecule has 0 saturated carbocycles. The second-order valence-corrected chi connectivity index (χ2v) is 3.41. The smallest absolute Gasteiger partial charge is 0.133 e. The highest BCUT2D eigenvalue weighted by atomic mass is 16.6. The first-order valence-corrected chi connectivity index (χ1v) is 4.24. The minimum absolute atomic E-state index is 0.133. The van der Waals surface area contributed by atoms with E-state index in [9.17, 15) is 0 Å². The average molecular weight is 166 g/mol. The Morgan fingerprint density at radius 2 is 2.42 bits per heavy atom. The molecule has 3 heteroatoms. The van der Waals surface area contributed by atoms with Gasteiger partial charge in [0.25, 0.3) is 0 Å². The van der Waals surface area contributed by atoms with E-state index in [1.165, 1.54) is 0 Å². The average Bonchev–Trinajstić information content (AvgIpc) is 2.32. The predicted molar refractivity (Wildman–Crippen MR) is 46.5 cm³/mol. The number of hydrogen-bond acceptors (Lipinski definition) is 3. The third kappa shape index (κ3) is 1.58. The summed E-state index contributed by atoms with van der Waals surface area (Å²) in [5.41, 5.74) is 1.02. The van der Waals surface area contributed by atoms with Gasteiger partial charge in [0, 0.05) is 12.3 Å². The van der Waals surface area contributed by atoms with Crippen molar-refractivity contribution < 1.29 is 4.84 Å². The van der Waals surface area contributed by atoms with E-state index in [2.05, 4.69) is 18.1 Å². The van der Waals surface area contributed by atoms with Gasteiger partial charge in [-0.15, -0.1) is 0 Å². The molecule has 3 unspecified atom stereocenters. The summed E-state index contributed by atoms with van der Waals surface area (Å²) in [6.45, 7) is 6.03. The largest absolute Gasteiger partial charge is 0.392 e. The molecule has 0 amide bonds. The van der Waals surface area contributed by atoms with Gasteiger partial charge in [-0.05, 0) is 19.8 Å². The van der Waals surface area contributed by atoms with Crippen molar-refractivity contribution in [2.24, 2.45) is 17.0 Å². The van der Waals surface area contributed by atoms with Crippen molar-refractivity contribution in [1.82, 2.24) is 0 Å². The van der Waals surface area contributed by atoms with Gasteiger partial charge in [0.15, 0.2) is 0 Å². The Labute approximate surface area is 73.0 Å². The molecule has 0 bridgehead atoms. The van der Waals surface area contributed by atoms with Crippen molar-refractivity contribution in [1.29, 1.82) is 5.26 Å². The molecule has 1 heterocycles. The molecular formula is C9H14N2O. The van der Waals surface area contributed by atoms with Gasteiger partial charge in [0.05, 0.1) is 11.8 Å². The fraction of sp³-hybridized carbons (Fsp3) is 0.778. The number of rotatable bonds is 2. The van der Waals surface area contributed by atoms with E-state index >= 15 is 0 Å². The lowest BCUT2D eigenvalue weighted by molar-refractivity contribution is 0.0638. The highest BCUT2D eigenvalue weighted by molar-refractivity contribution is 5.85. The SMILES string of the molecule is CC1=NOC(C)C1C(C)CC#N. The molecule has 0 N–H and O–H groups in total. The molecule has 3 nitrogen and oxygen atoms in total. The summed E-state index contributed by atoms with van der Waals surface area (Å²) in [7, 11) is 0. The van der Waals surface area contributed by atoms with E-state index in [0.29, 0.717) is 18.3 Å². The molecule has 0 saturated heterocycles. The van der Waals surface area contributed by atoms with Crippen LogP contribution in [-0.4, -0.2) is 11.8 Å². The minimum atomic E-state index is 0.133. The Bertz CT molecular complexity index is 229. The van der Waals surface area contributed by atoms with Crippen LogP contribution < -0.4 is 0 Å². The Hall–Kier alpha value is -1.04. The number of nitriles is 1. The quantitative estimate of drug-likeness (QED) is 0.629. The Morgan fingerprint density at radius 1 is 1.75 bits per heavy atom. The van der Waals surface area contributed by atoms with Crippen LogP contribution in [0.5, 0.6) is 0 Å². The third-order valence-corrected chi connectivity index (χ3v) is 2.38. The summed E-state index contributed by atoms with van der Waals surface area (Å²) in [6.07, 6.45) is 0.707. The normalized spacial score (nSPS) is 30.3. The highest BCUT2D eigenvalue weighted by Gasteiger charge is 2.32. The standard InChI is InChI=1S/C9H14N2O/c1-6(4-5-10)9-7(2)11-12-8(9)3/h6,8-9H,4H2,1-3H3. The van der Waals surface area contributed by atoms with Crippen LogP contribution in [0.3, 0.4) is 0 Å². The predicted octanol–water partition coefficient (Wildman–Crippen LogP) is 1.95. The molecule has 0 spiro atoms. The second kappa shape index (κ2) is 3.57. The first-order valence-electron chi connectivity index (χ1n) is 4.24. The topological polar surface area (TPSA) is 45.4 Å². The lowest BCUT2D eigenvalue weighted by atomic mass is 9.85. The Morgan fingerprint density at radius 3 is 2.83 bits per heavy atom. The fourth-order valence-electron chi connectivity index (χ4n) is 1.78. The first-order chi connectivity index (χ1) is 5.66. The molecule has 0 aromatic rings. The van der Waals surface area contributed by atoms with Gasteiger partial charge in [-0.1, -0.05) is 12.1 Å². The van der Waals surface area contributed by atoms with Crippen molar-refractivity contribution in [2.75, 3.05) is 0 Å². The lowest BCUT2D eigenvalue weighted by Gasteiger charge is -2.18. The molecule has 0 aromatic heterocycles. The van der Waals surface area contributed by atoms with Crippen LogP contribution in [0.1, 0.15) is 27.2 Å². The van der Waals surface area contributed by atoms with Gasteiger partial charge in [-0.2, -0.15) is 5.26 Å². The van der Waals surface area contributed by atoms with Crippen LogP contribution in [0.2, 0.25) is 0 Å². The van der Waals surface area contributed by atoms with Gasteiger partial charge in [-0.3, -0.25) is 0 Å². The van der Waals surface area contributed by atoms with E-state index < -0.39 is 0 Å². The van der Waals surface area contributed by atoms with Crippen LogP contribution in [0.15, 0.2) is 5.16 Å². The highest BCUT2D eigenvalue weighted by Crippen LogP contribution is 2.27. The molecule has 1 aliphatic heterocycles. The van der Waals surface area contributed by atoms with E-state index in [-0.39, 0.29) is 6.10 Å². The lowest BCUT2D eigenvalue weighted by Crippen LogP contribution is -2.25. The Kier molecular flexibility index (Phi) is 2.69. The summed E-state index contributed by atoms with van der Waals surface area (Å²) >= 11 is 0. The summed E-state index contributed by atoms with van der Waals surface area (Å²) < 4.78 is 0. The van der Waals surface area contributed by atoms with Crippen molar-refractivity contribution in [2.45, 2.75) is 33.3 Å². The van der Waals surface area contributed by atoms with E-state index in [4.69, 9.17) is 10.1 Å². The van der Waals surface area contributed by atoms with Gasteiger partial charge in [-0.25, -0.2) is 0 Å². The molecule has 3 atom stereocenters. The number of nitrogens with zero attached hydrogens (tertiary/aromatic N) is 2. The molecular weight excluding hydrogens is 152 g/mol. The van der Waals surface area contributed by atoms with Crippen LogP contribution in [0.4, 0.5) is 0 Å². The van der Waals surface area contributed by atoms with Gasteiger partial charge >= 0.3 is 0 Å². The van der Waals surface area contributed by atoms with Crippen LogP contribution in [0, 0.1) is 23.2 Å². The first kappa shape index (κ1) is 9.05. The maximum atomic E-state index is 8.54. The molecule has 1 aliphatic rings. The molecule has 12 heavy (non-hydrogen) atoms. The van der Waals surface area contributed by atoms with Crippen molar-refractivity contribution >= 4 is 5.71 Å². The van der Waals surface area contributed by atoms with Crippen LogP contribution >= 0.6 is 0 Å². The molecule has 0 fully saturated rings. The third-order valence-electron chi connectivity index (χ3n) is 2.38. The monoisotopic (exact) mass is 166 g/mol. The zero-order chi connectivity index (χ0) is 9.14. The van der Waals surface area contributed by atoms with Gasteiger partial charge in [0.2, 0.25) is 0 Å². The minimum Gasteiger partial charge on any atom is -0.392 e. The van der Waals surface area contributed by atoms with E-state index in [1.54, 1.807) is 0 Å². The summed E-state index contributed by atoms with van der Waals surface area (Å²) in [6, 6.07) is 2.17. The molecule has 0 aliphatic carbocycles. The van der Waals surface area contributed by atoms with Crippen LogP contribution in [-0.2, 0) is 4.84 Å². The van der Waals surface area contributed by atoms with Gasteiger partial charge < -0.3 is 4.84 Å². The van der Waals surface area contributed by atoms with Crippen molar-refractivity contribution in [3.63, 3.8) is 0 Å². The maximum Gasteiger partial charge on any atom is 0.133 e. The molecule has 1 rings (SSSR count). The van der Waals surface area contributed by atoms with Crippen molar-refractivity contribution in [3.8, 4) is 6.07 Å². The zero-order valence-electron chi connectivity index (χ0n) is 7.74. The van der Waals surface area contributed by atoms with E-state index in [0.717, 1.165) is 5.71 Å². The summed E-state index contributed by atoms with van der Waals surface area (Å²) in [4.78, 5) is 5.12. The summed E-state index contributed by atoms with van der Waals surface area (Å²) in [5, 5.41) is 12.4. The summed E-state index contributed by atoms with van der Waals surface area (Å²) in [5.74, 6) is 0.667. The van der Waals surface area contributed by atoms with Gasteiger partial charge in [0.1, 0.15) is 6.10 Å². The van der Waals surface area contributed by atoms with Crippen molar-refractivity contribution in [3.05, 3.63) is 0 Å². The second-order valence-electron chi connectivity index (χ2n) is 3.41. The zero-order valence-corrected chi connectivity index (χ0v) is 7.74. The number of hydrogen-bond donors (Lipinski definition) is 0. The Balaban J connectivity index is 2.61. The maximum absolute atomic E-state index is 8.54. The molecule has 0 radical (unpaired) electrons. The molecule has 66 valence electrons. The fourth-order valence-corrected chi connectivity index (χ4v) is 1.78. The molecule has 0 aromatic carbocycles. The number of oxime groups is 1.